The Morgan fingerprint density at radius 3 is 2.42 bits per heavy atom. The Morgan fingerprint density at radius 2 is 1.69 bits per heavy atom. The molecule has 136 valence electrons. The van der Waals surface area contributed by atoms with Gasteiger partial charge in [-0.1, -0.05) is 30.3 Å². The number of benzene rings is 2. The van der Waals surface area contributed by atoms with Crippen LogP contribution in [-0.4, -0.2) is 30.9 Å². The molecule has 0 unspecified atom stereocenters. The third kappa shape index (κ3) is 6.05. The van der Waals surface area contributed by atoms with Crippen molar-refractivity contribution < 1.29 is 19.1 Å². The van der Waals surface area contributed by atoms with Crippen LogP contribution in [0.25, 0.3) is 0 Å². The maximum Gasteiger partial charge on any atom is 0.308 e. The molecule has 0 radical (unpaired) electrons. The minimum atomic E-state index is -0.445. The van der Waals surface area contributed by atoms with E-state index in [9.17, 15) is 14.4 Å². The smallest absolute Gasteiger partial charge is 0.308 e. The summed E-state index contributed by atoms with van der Waals surface area (Å²) in [7, 11) is 0. The summed E-state index contributed by atoms with van der Waals surface area (Å²) in [5, 5.41) is 5.50. The third-order valence-electron chi connectivity index (χ3n) is 3.70. The number of esters is 1. The van der Waals surface area contributed by atoms with Crippen molar-refractivity contribution in [2.45, 2.75) is 20.3 Å². The Morgan fingerprint density at radius 1 is 0.962 bits per heavy atom. The number of rotatable bonds is 7. The molecule has 2 aromatic rings. The number of ether oxygens (including phenoxy) is 1. The highest BCUT2D eigenvalue weighted by Crippen LogP contribution is 2.13. The summed E-state index contributed by atoms with van der Waals surface area (Å²) in [6.45, 7) is 3.90. The predicted molar refractivity (Wildman–Crippen MR) is 98.0 cm³/mol. The van der Waals surface area contributed by atoms with Crippen LogP contribution in [0.5, 0.6) is 5.75 Å². The fraction of sp³-hybridized carbons (Fsp3) is 0.250. The second kappa shape index (κ2) is 9.36. The van der Waals surface area contributed by atoms with Crippen LogP contribution in [-0.2, 0) is 16.0 Å². The Balaban J connectivity index is 1.75. The molecule has 6 heteroatoms. The molecule has 2 N–H and O–H groups in total. The first-order valence-electron chi connectivity index (χ1n) is 8.33. The van der Waals surface area contributed by atoms with Crippen LogP contribution in [0.15, 0.2) is 48.5 Å². The van der Waals surface area contributed by atoms with Crippen molar-refractivity contribution in [3.8, 4) is 5.75 Å². The molecule has 2 aromatic carbocycles. The lowest BCUT2D eigenvalue weighted by molar-refractivity contribution is -0.131. The zero-order valence-electron chi connectivity index (χ0n) is 14.9. The van der Waals surface area contributed by atoms with E-state index in [-0.39, 0.29) is 11.8 Å². The Labute approximate surface area is 152 Å². The molecule has 26 heavy (non-hydrogen) atoms. The molecule has 0 aromatic heterocycles. The Hall–Kier alpha value is -3.15. The fourth-order valence-corrected chi connectivity index (χ4v) is 2.39. The molecule has 2 amide bonds. The lowest BCUT2D eigenvalue weighted by Crippen LogP contribution is -2.35. The van der Waals surface area contributed by atoms with Gasteiger partial charge in [0.2, 0.25) is 5.91 Å². The van der Waals surface area contributed by atoms with Crippen LogP contribution in [0.4, 0.5) is 0 Å². The van der Waals surface area contributed by atoms with E-state index in [0.29, 0.717) is 30.8 Å². The van der Waals surface area contributed by atoms with Gasteiger partial charge in [-0.25, -0.2) is 0 Å². The molecule has 0 aliphatic carbocycles. The van der Waals surface area contributed by atoms with E-state index < -0.39 is 5.97 Å². The van der Waals surface area contributed by atoms with Gasteiger partial charge in [0.1, 0.15) is 5.75 Å². The van der Waals surface area contributed by atoms with Crippen LogP contribution in [0.3, 0.4) is 0 Å². The molecule has 0 spiro atoms. The zero-order chi connectivity index (χ0) is 18.9. The molecule has 2 rings (SSSR count). The second-order valence-corrected chi connectivity index (χ2v) is 5.83. The lowest BCUT2D eigenvalue weighted by atomic mass is 10.1. The zero-order valence-corrected chi connectivity index (χ0v) is 14.9. The maximum absolute atomic E-state index is 12.1. The van der Waals surface area contributed by atoms with Crippen molar-refractivity contribution in [2.24, 2.45) is 0 Å². The quantitative estimate of drug-likeness (QED) is 0.453. The lowest BCUT2D eigenvalue weighted by Gasteiger charge is -2.09. The van der Waals surface area contributed by atoms with Gasteiger partial charge in [0.05, 0.1) is 6.42 Å². The van der Waals surface area contributed by atoms with E-state index in [1.807, 2.05) is 31.2 Å². The molecule has 0 fully saturated rings. The van der Waals surface area contributed by atoms with Gasteiger partial charge in [0.25, 0.3) is 5.91 Å². The van der Waals surface area contributed by atoms with Crippen LogP contribution in [0, 0.1) is 6.92 Å². The van der Waals surface area contributed by atoms with Crippen molar-refractivity contribution in [3.05, 3.63) is 65.2 Å². The molecule has 0 aliphatic heterocycles. The average molecular weight is 354 g/mol. The highest BCUT2D eigenvalue weighted by atomic mass is 16.5. The molecule has 0 heterocycles. The van der Waals surface area contributed by atoms with Crippen LogP contribution in [0.2, 0.25) is 0 Å². The highest BCUT2D eigenvalue weighted by molar-refractivity contribution is 5.94. The van der Waals surface area contributed by atoms with E-state index in [2.05, 4.69) is 10.6 Å². The minimum absolute atomic E-state index is 0.0922. The summed E-state index contributed by atoms with van der Waals surface area (Å²) in [5.41, 5.74) is 2.44. The van der Waals surface area contributed by atoms with E-state index in [4.69, 9.17) is 4.74 Å². The minimum Gasteiger partial charge on any atom is -0.427 e. The first-order valence-corrected chi connectivity index (χ1v) is 8.33. The standard InChI is InChI=1S/C20H22N2O4/c1-14-6-3-4-7-16(14)13-19(24)21-10-11-22-20(25)17-8-5-9-18(12-17)26-15(2)23/h3-9,12H,10-11,13H2,1-2H3,(H,21,24)(H,22,25). The van der Waals surface area contributed by atoms with Crippen molar-refractivity contribution in [1.82, 2.24) is 10.6 Å². The Kier molecular flexibility index (Phi) is 6.91. The first kappa shape index (κ1) is 19.2. The normalized spacial score (nSPS) is 10.1. The average Bonchev–Trinajstić information content (AvgIpc) is 2.60. The highest BCUT2D eigenvalue weighted by Gasteiger charge is 2.08. The second-order valence-electron chi connectivity index (χ2n) is 5.83. The van der Waals surface area contributed by atoms with Crippen molar-refractivity contribution in [2.75, 3.05) is 13.1 Å². The molecule has 0 atom stereocenters. The van der Waals surface area contributed by atoms with Gasteiger partial charge in [-0.3, -0.25) is 14.4 Å². The molecule has 0 saturated heterocycles. The van der Waals surface area contributed by atoms with E-state index in [1.165, 1.54) is 13.0 Å². The van der Waals surface area contributed by atoms with Crippen molar-refractivity contribution in [1.29, 1.82) is 0 Å². The van der Waals surface area contributed by atoms with Gasteiger partial charge in [-0.05, 0) is 36.2 Å². The summed E-state index contributed by atoms with van der Waals surface area (Å²) in [5.74, 6) is -0.520. The number of hydrogen-bond acceptors (Lipinski definition) is 4. The molecule has 0 aliphatic rings. The number of nitrogens with one attached hydrogen (secondary N) is 2. The molecule has 0 saturated carbocycles. The van der Waals surface area contributed by atoms with Crippen molar-refractivity contribution in [3.63, 3.8) is 0 Å². The maximum atomic E-state index is 12.1. The van der Waals surface area contributed by atoms with E-state index in [1.54, 1.807) is 18.2 Å². The van der Waals surface area contributed by atoms with Gasteiger partial charge in [0, 0.05) is 25.6 Å². The summed E-state index contributed by atoms with van der Waals surface area (Å²) in [6.07, 6.45) is 0.311. The number of carbonyl (C=O) groups excluding carboxylic acids is 3. The van der Waals surface area contributed by atoms with Crippen molar-refractivity contribution >= 4 is 17.8 Å². The molecular formula is C20H22N2O4. The molecular weight excluding hydrogens is 332 g/mol. The number of amides is 2. The van der Waals surface area contributed by atoms with E-state index in [0.717, 1.165) is 11.1 Å². The number of hydrogen-bond donors (Lipinski definition) is 2. The SMILES string of the molecule is CC(=O)Oc1cccc(C(=O)NCCNC(=O)Cc2ccccc2C)c1. The predicted octanol–water partition coefficient (Wildman–Crippen LogP) is 2.01. The van der Waals surface area contributed by atoms with Gasteiger partial charge >= 0.3 is 5.97 Å². The Bertz CT molecular complexity index is 802. The van der Waals surface area contributed by atoms with Gasteiger partial charge < -0.3 is 15.4 Å². The summed E-state index contributed by atoms with van der Waals surface area (Å²) in [4.78, 5) is 35.0. The van der Waals surface area contributed by atoms with E-state index >= 15 is 0 Å². The van der Waals surface area contributed by atoms with Crippen LogP contribution in [0.1, 0.15) is 28.4 Å². The van der Waals surface area contributed by atoms with Gasteiger partial charge in [-0.2, -0.15) is 0 Å². The number of aryl methyl sites for hydroxylation is 1. The van der Waals surface area contributed by atoms with Gasteiger partial charge in [-0.15, -0.1) is 0 Å². The largest absolute Gasteiger partial charge is 0.427 e. The molecule has 6 nitrogen and oxygen atoms in total. The first-order chi connectivity index (χ1) is 12.5. The third-order valence-corrected chi connectivity index (χ3v) is 3.70. The summed E-state index contributed by atoms with van der Waals surface area (Å²) >= 11 is 0. The summed E-state index contributed by atoms with van der Waals surface area (Å²) < 4.78 is 4.95. The molecule has 0 bridgehead atoms. The van der Waals surface area contributed by atoms with Crippen LogP contribution < -0.4 is 15.4 Å². The fourth-order valence-electron chi connectivity index (χ4n) is 2.39. The van der Waals surface area contributed by atoms with Crippen LogP contribution >= 0.6 is 0 Å². The number of carbonyl (C=O) groups is 3. The van der Waals surface area contributed by atoms with Gasteiger partial charge in [0.15, 0.2) is 0 Å². The summed E-state index contributed by atoms with van der Waals surface area (Å²) in [6, 6.07) is 14.1. The topological polar surface area (TPSA) is 84.5 Å². The monoisotopic (exact) mass is 354 g/mol.